The van der Waals surface area contributed by atoms with Crippen LogP contribution in [0.2, 0.25) is 0 Å². The standard InChI is InChI=1S/C13H8BrFO/c14-10-6-7-12(15)11(8-10)13(16)9-4-2-1-3-5-9/h1-8H. The van der Waals surface area contributed by atoms with Gasteiger partial charge < -0.3 is 0 Å². The number of carbonyl (C=O) groups excluding carboxylic acids is 1. The summed E-state index contributed by atoms with van der Waals surface area (Å²) in [7, 11) is 0. The van der Waals surface area contributed by atoms with Gasteiger partial charge in [0.05, 0.1) is 5.56 Å². The molecule has 0 aliphatic carbocycles. The summed E-state index contributed by atoms with van der Waals surface area (Å²) in [4.78, 5) is 12.0. The lowest BCUT2D eigenvalue weighted by molar-refractivity contribution is 0.103. The van der Waals surface area contributed by atoms with Crippen LogP contribution in [0.25, 0.3) is 0 Å². The van der Waals surface area contributed by atoms with Crippen LogP contribution in [0.4, 0.5) is 4.39 Å². The maximum Gasteiger partial charge on any atom is 0.196 e. The maximum absolute atomic E-state index is 13.5. The maximum atomic E-state index is 13.5. The van der Waals surface area contributed by atoms with Gasteiger partial charge in [0, 0.05) is 10.0 Å². The average Bonchev–Trinajstić information content (AvgIpc) is 2.32. The molecule has 0 aliphatic heterocycles. The fraction of sp³-hybridized carbons (Fsp3) is 0. The molecule has 0 saturated carbocycles. The van der Waals surface area contributed by atoms with Gasteiger partial charge in [-0.2, -0.15) is 0 Å². The molecule has 0 heterocycles. The lowest BCUT2D eigenvalue weighted by atomic mass is 10.0. The average molecular weight is 279 g/mol. The van der Waals surface area contributed by atoms with Gasteiger partial charge in [0.1, 0.15) is 5.82 Å². The van der Waals surface area contributed by atoms with Gasteiger partial charge in [-0.15, -0.1) is 0 Å². The lowest BCUT2D eigenvalue weighted by Crippen LogP contribution is -2.03. The van der Waals surface area contributed by atoms with Gasteiger partial charge in [0.2, 0.25) is 0 Å². The Morgan fingerprint density at radius 2 is 1.75 bits per heavy atom. The quantitative estimate of drug-likeness (QED) is 0.764. The second kappa shape index (κ2) is 4.58. The molecule has 2 aromatic rings. The van der Waals surface area contributed by atoms with E-state index in [9.17, 15) is 9.18 Å². The molecule has 2 aromatic carbocycles. The summed E-state index contributed by atoms with van der Waals surface area (Å²) in [6, 6.07) is 13.0. The van der Waals surface area contributed by atoms with Gasteiger partial charge in [-0.1, -0.05) is 46.3 Å². The molecule has 0 spiro atoms. The normalized spacial score (nSPS) is 10.1. The Morgan fingerprint density at radius 1 is 1.06 bits per heavy atom. The van der Waals surface area contributed by atoms with Crippen LogP contribution in [0, 0.1) is 5.82 Å². The summed E-state index contributed by atoms with van der Waals surface area (Å²) < 4.78 is 14.2. The van der Waals surface area contributed by atoms with Crippen LogP contribution in [0.5, 0.6) is 0 Å². The number of benzene rings is 2. The first kappa shape index (κ1) is 11.0. The van der Waals surface area contributed by atoms with Crippen molar-refractivity contribution in [1.82, 2.24) is 0 Å². The summed E-state index contributed by atoms with van der Waals surface area (Å²) in [5.41, 5.74) is 0.570. The second-order valence-electron chi connectivity index (χ2n) is 3.32. The van der Waals surface area contributed by atoms with Crippen LogP contribution in [0.1, 0.15) is 15.9 Å². The van der Waals surface area contributed by atoms with Crippen molar-refractivity contribution in [3.8, 4) is 0 Å². The summed E-state index contributed by atoms with van der Waals surface area (Å²) in [6.07, 6.45) is 0. The van der Waals surface area contributed by atoms with Crippen molar-refractivity contribution in [2.75, 3.05) is 0 Å². The van der Waals surface area contributed by atoms with Gasteiger partial charge in [-0.05, 0) is 18.2 Å². The molecule has 1 nitrogen and oxygen atoms in total. The van der Waals surface area contributed by atoms with Gasteiger partial charge in [0.25, 0.3) is 0 Å². The van der Waals surface area contributed by atoms with E-state index in [1.54, 1.807) is 30.3 Å². The molecule has 0 N–H and O–H groups in total. The summed E-state index contributed by atoms with van der Waals surface area (Å²) in [6.45, 7) is 0. The Kier molecular flexibility index (Phi) is 3.15. The molecule has 2 rings (SSSR count). The Labute approximate surface area is 101 Å². The minimum atomic E-state index is -0.503. The highest BCUT2D eigenvalue weighted by Gasteiger charge is 2.13. The molecule has 0 saturated heterocycles. The van der Waals surface area contributed by atoms with Gasteiger partial charge in [-0.3, -0.25) is 4.79 Å². The molecule has 0 aromatic heterocycles. The summed E-state index contributed by atoms with van der Waals surface area (Å²) in [5, 5.41) is 0. The third-order valence-corrected chi connectivity index (χ3v) is 2.70. The fourth-order valence-corrected chi connectivity index (χ4v) is 1.78. The van der Waals surface area contributed by atoms with E-state index in [1.165, 1.54) is 12.1 Å². The Balaban J connectivity index is 2.46. The van der Waals surface area contributed by atoms with Crippen molar-refractivity contribution in [1.29, 1.82) is 0 Å². The predicted octanol–water partition coefficient (Wildman–Crippen LogP) is 3.82. The van der Waals surface area contributed by atoms with Crippen molar-refractivity contribution in [3.05, 3.63) is 69.9 Å². The first-order chi connectivity index (χ1) is 7.68. The topological polar surface area (TPSA) is 17.1 Å². The highest BCUT2D eigenvalue weighted by Crippen LogP contribution is 2.18. The van der Waals surface area contributed by atoms with Crippen LogP contribution >= 0.6 is 15.9 Å². The minimum absolute atomic E-state index is 0.0839. The fourth-order valence-electron chi connectivity index (χ4n) is 1.42. The molecule has 16 heavy (non-hydrogen) atoms. The van der Waals surface area contributed by atoms with Crippen molar-refractivity contribution >= 4 is 21.7 Å². The predicted molar refractivity (Wildman–Crippen MR) is 64.0 cm³/mol. The van der Waals surface area contributed by atoms with E-state index in [0.29, 0.717) is 10.0 Å². The van der Waals surface area contributed by atoms with Crippen molar-refractivity contribution < 1.29 is 9.18 Å². The molecular formula is C13H8BrFO. The van der Waals surface area contributed by atoms with Crippen molar-refractivity contribution in [2.45, 2.75) is 0 Å². The smallest absolute Gasteiger partial charge is 0.196 e. The zero-order chi connectivity index (χ0) is 11.5. The van der Waals surface area contributed by atoms with Gasteiger partial charge in [0.15, 0.2) is 5.78 Å². The molecule has 3 heteroatoms. The lowest BCUT2D eigenvalue weighted by Gasteiger charge is -2.03. The molecule has 80 valence electrons. The molecule has 0 unspecified atom stereocenters. The van der Waals surface area contributed by atoms with Gasteiger partial charge in [-0.25, -0.2) is 4.39 Å². The zero-order valence-corrected chi connectivity index (χ0v) is 9.87. The number of carbonyl (C=O) groups is 1. The van der Waals surface area contributed by atoms with Crippen LogP contribution in [-0.2, 0) is 0 Å². The Hall–Kier alpha value is -1.48. The van der Waals surface area contributed by atoms with Crippen LogP contribution < -0.4 is 0 Å². The molecule has 0 bridgehead atoms. The number of hydrogen-bond acceptors (Lipinski definition) is 1. The van der Waals surface area contributed by atoms with Gasteiger partial charge >= 0.3 is 0 Å². The Morgan fingerprint density at radius 3 is 2.44 bits per heavy atom. The minimum Gasteiger partial charge on any atom is -0.288 e. The number of ketones is 1. The van der Waals surface area contributed by atoms with Crippen LogP contribution in [-0.4, -0.2) is 5.78 Å². The highest BCUT2D eigenvalue weighted by atomic mass is 79.9. The SMILES string of the molecule is O=C(c1ccccc1)c1cc(Br)ccc1F. The van der Waals surface area contributed by atoms with E-state index in [0.717, 1.165) is 0 Å². The van der Waals surface area contributed by atoms with Crippen LogP contribution in [0.3, 0.4) is 0 Å². The zero-order valence-electron chi connectivity index (χ0n) is 8.28. The number of hydrogen-bond donors (Lipinski definition) is 0. The van der Waals surface area contributed by atoms with E-state index in [4.69, 9.17) is 0 Å². The highest BCUT2D eigenvalue weighted by molar-refractivity contribution is 9.10. The van der Waals surface area contributed by atoms with Crippen molar-refractivity contribution in [3.63, 3.8) is 0 Å². The number of halogens is 2. The molecular weight excluding hydrogens is 271 g/mol. The van der Waals surface area contributed by atoms with E-state index >= 15 is 0 Å². The van der Waals surface area contributed by atoms with E-state index in [2.05, 4.69) is 15.9 Å². The largest absolute Gasteiger partial charge is 0.288 e. The third kappa shape index (κ3) is 2.19. The monoisotopic (exact) mass is 278 g/mol. The van der Waals surface area contributed by atoms with E-state index in [-0.39, 0.29) is 11.3 Å². The molecule has 0 fully saturated rings. The molecule has 0 radical (unpaired) electrons. The third-order valence-electron chi connectivity index (χ3n) is 2.21. The van der Waals surface area contributed by atoms with E-state index in [1.807, 2.05) is 6.07 Å². The molecule has 0 amide bonds. The first-order valence-electron chi connectivity index (χ1n) is 4.73. The first-order valence-corrected chi connectivity index (χ1v) is 5.52. The summed E-state index contributed by atoms with van der Waals surface area (Å²) >= 11 is 3.22. The number of rotatable bonds is 2. The van der Waals surface area contributed by atoms with Crippen LogP contribution in [0.15, 0.2) is 53.0 Å². The van der Waals surface area contributed by atoms with Crippen molar-refractivity contribution in [2.24, 2.45) is 0 Å². The Bertz CT molecular complexity index is 523. The second-order valence-corrected chi connectivity index (χ2v) is 4.23. The summed E-state index contributed by atoms with van der Waals surface area (Å²) in [5.74, 6) is -0.809. The molecule has 0 aliphatic rings. The van der Waals surface area contributed by atoms with E-state index < -0.39 is 5.82 Å². The molecule has 0 atom stereocenters.